The Balaban J connectivity index is 1.35. The highest BCUT2D eigenvalue weighted by Crippen LogP contribution is 2.65. The molecule has 4 saturated carbocycles. The maximum Gasteiger partial charge on any atom is 0.408 e. The van der Waals surface area contributed by atoms with Gasteiger partial charge in [0.05, 0.1) is 35.5 Å². The molecule has 5 aliphatic carbocycles. The molecular formula is C55H75NO16SSi. The molecule has 1 aromatic heterocycles. The van der Waals surface area contributed by atoms with Gasteiger partial charge in [-0.3, -0.25) is 14.4 Å². The summed E-state index contributed by atoms with van der Waals surface area (Å²) in [6.07, 6.45) is -6.33. The molecule has 0 spiro atoms. The molecule has 17 nitrogen and oxygen atoms in total. The van der Waals surface area contributed by atoms with Crippen LogP contribution in [0.25, 0.3) is 0 Å². The van der Waals surface area contributed by atoms with Gasteiger partial charge in [0.1, 0.15) is 36.1 Å². The number of alkyl carbamates (subject to hydrolysis) is 1. The number of methoxy groups -OCH3 is 1. The van der Waals surface area contributed by atoms with Gasteiger partial charge in [0.15, 0.2) is 37.7 Å². The standard InChI is InChI=1S/C55H75NO16SSi/c1-12-74(13-2,14-3)72-38-28-39-54(30-65-39,70-32(5)57)44-46(69-48(60)33-20-16-15-17-21-33)55(63)29-36(31(4)40(51(55,6)7)42(45(58)53(38,44)10)68-47(59)34-25-26-34)67-49(61)43(71-52(8,9)64-11)41(37-24-19-27-73-37)56-50(62)66-35-22-18-23-35/h15-17,19-21,24,27,34-36,38-39,41-44,46,63H,12-14,18,22-23,25-26,28-30H2,1-11H3,(H,56,62)/t36-,38-,39+,41-,42+,43+,44?,46?,53+,54-,55+/m0/s1. The quantitative estimate of drug-likeness (QED) is 0.0443. The van der Waals surface area contributed by atoms with E-state index in [1.54, 1.807) is 89.4 Å². The van der Waals surface area contributed by atoms with E-state index < -0.39 is 133 Å². The predicted molar refractivity (Wildman–Crippen MR) is 272 cm³/mol. The van der Waals surface area contributed by atoms with Gasteiger partial charge in [-0.2, -0.15) is 0 Å². The van der Waals surface area contributed by atoms with E-state index in [0.717, 1.165) is 6.42 Å². The molecule has 1 amide bonds. The zero-order chi connectivity index (χ0) is 53.8. The fraction of sp³-hybridized carbons (Fsp3) is 0.673. The summed E-state index contributed by atoms with van der Waals surface area (Å²) in [6.45, 7) is 17.1. The molecule has 2 heterocycles. The van der Waals surface area contributed by atoms with E-state index in [0.29, 0.717) is 54.3 Å². The molecule has 0 radical (unpaired) electrons. The third-order valence-electron chi connectivity index (χ3n) is 17.5. The monoisotopic (exact) mass is 1070 g/mol. The average molecular weight is 1070 g/mol. The second-order valence-electron chi connectivity index (χ2n) is 22.4. The van der Waals surface area contributed by atoms with Crippen molar-refractivity contribution < 1.29 is 76.2 Å². The smallest absolute Gasteiger partial charge is 0.408 e. The fourth-order valence-electron chi connectivity index (χ4n) is 12.2. The van der Waals surface area contributed by atoms with Crippen LogP contribution >= 0.6 is 11.3 Å². The van der Waals surface area contributed by atoms with Crippen LogP contribution in [0.2, 0.25) is 18.1 Å². The van der Waals surface area contributed by atoms with E-state index in [2.05, 4.69) is 26.1 Å². The molecule has 6 aliphatic rings. The first-order valence-electron chi connectivity index (χ1n) is 26.3. The number of esters is 4. The number of Topliss-reactive ketones (excluding diaryl/α,β-unsaturated/α-hetero) is 1. The number of benzene rings is 1. The van der Waals surface area contributed by atoms with Crippen molar-refractivity contribution in [3.8, 4) is 0 Å². The van der Waals surface area contributed by atoms with Crippen molar-refractivity contribution in [2.24, 2.45) is 22.7 Å². The zero-order valence-corrected chi connectivity index (χ0v) is 46.5. The van der Waals surface area contributed by atoms with Crippen LogP contribution in [0.15, 0.2) is 59.0 Å². The highest BCUT2D eigenvalue weighted by Gasteiger charge is 2.79. The normalized spacial score (nSPS) is 31.4. The SMILES string of the molecule is CC[Si](CC)(CC)O[C@H]1C[C@H]2OC[C@@]2(OC(C)=O)C2C(OC(=O)c3ccccc3)[C@]3(O)C[C@H](OC(=O)[C@H](OC(C)(C)OC)[C@@H](NC(=O)OC4CCC4)c4cccs4)C(C)=C([C@@H](OC(=O)C4CC4)C(=O)[C@@]21C)C3(C)C. The van der Waals surface area contributed by atoms with Gasteiger partial charge in [-0.05, 0) is 113 Å². The number of hydrogen-bond acceptors (Lipinski definition) is 17. The molecule has 2 unspecified atom stereocenters. The van der Waals surface area contributed by atoms with Gasteiger partial charge in [-0.25, -0.2) is 14.4 Å². The maximum atomic E-state index is 16.7. The number of carbonyl (C=O) groups excluding carboxylic acids is 6. The second kappa shape index (κ2) is 21.1. The van der Waals surface area contributed by atoms with Gasteiger partial charge in [0.25, 0.3) is 0 Å². The summed E-state index contributed by atoms with van der Waals surface area (Å²) in [5, 5.41) is 19.0. The lowest BCUT2D eigenvalue weighted by Gasteiger charge is -2.68. The molecule has 406 valence electrons. The third kappa shape index (κ3) is 10.0. The van der Waals surface area contributed by atoms with E-state index in [9.17, 15) is 24.3 Å². The molecule has 2 bridgehead atoms. The van der Waals surface area contributed by atoms with Crippen LogP contribution < -0.4 is 5.32 Å². The van der Waals surface area contributed by atoms with E-state index >= 15 is 9.59 Å². The predicted octanol–water partition coefficient (Wildman–Crippen LogP) is 8.47. The van der Waals surface area contributed by atoms with E-state index in [-0.39, 0.29) is 30.3 Å². The second-order valence-corrected chi connectivity index (χ2v) is 28.1. The first-order valence-corrected chi connectivity index (χ1v) is 29.7. The van der Waals surface area contributed by atoms with Crippen LogP contribution in [0.3, 0.4) is 0 Å². The van der Waals surface area contributed by atoms with E-state index in [4.69, 9.17) is 42.3 Å². The number of nitrogens with one attached hydrogen (secondary N) is 1. The number of carbonyl (C=O) groups is 6. The number of amides is 1. The first kappa shape index (κ1) is 55.7. The number of aliphatic hydroxyl groups is 1. The van der Waals surface area contributed by atoms with Crippen LogP contribution in [-0.2, 0) is 61.5 Å². The molecule has 5 fully saturated rings. The molecule has 19 heteroatoms. The molecule has 1 aliphatic heterocycles. The minimum Gasteiger partial charge on any atom is -0.456 e. The van der Waals surface area contributed by atoms with Crippen molar-refractivity contribution >= 4 is 55.4 Å². The molecule has 2 aromatic rings. The highest BCUT2D eigenvalue weighted by molar-refractivity contribution is 7.10. The van der Waals surface area contributed by atoms with Crippen LogP contribution in [-0.4, -0.2) is 123 Å². The van der Waals surface area contributed by atoms with E-state index in [1.807, 2.05) is 0 Å². The number of rotatable bonds is 19. The molecule has 1 saturated heterocycles. The Kier molecular flexibility index (Phi) is 15.9. The number of ether oxygens (including phenoxy) is 8. The Morgan fingerprint density at radius 1 is 0.932 bits per heavy atom. The molecule has 2 N–H and O–H groups in total. The lowest BCUT2D eigenvalue weighted by Crippen LogP contribution is -2.82. The maximum absolute atomic E-state index is 16.7. The van der Waals surface area contributed by atoms with E-state index in [1.165, 1.54) is 25.4 Å². The molecule has 1 aromatic carbocycles. The summed E-state index contributed by atoms with van der Waals surface area (Å²) in [7, 11) is -1.25. The first-order chi connectivity index (χ1) is 34.9. The summed E-state index contributed by atoms with van der Waals surface area (Å²) in [5.74, 6) is -7.09. The number of ketones is 1. The topological polar surface area (TPSA) is 218 Å². The fourth-order valence-corrected chi connectivity index (χ4v) is 16.0. The van der Waals surface area contributed by atoms with Crippen molar-refractivity contribution in [3.05, 3.63) is 69.4 Å². The molecular weight excluding hydrogens is 991 g/mol. The summed E-state index contributed by atoms with van der Waals surface area (Å²) in [6, 6.07) is 12.6. The Labute approximate surface area is 439 Å². The Morgan fingerprint density at radius 2 is 1.61 bits per heavy atom. The minimum atomic E-state index is -2.65. The van der Waals surface area contributed by atoms with Crippen molar-refractivity contribution in [2.45, 2.75) is 198 Å². The van der Waals surface area contributed by atoms with Crippen molar-refractivity contribution in [1.82, 2.24) is 5.32 Å². The average Bonchev–Trinajstić information content (AvgIpc) is 4.07. The van der Waals surface area contributed by atoms with Crippen molar-refractivity contribution in [1.29, 1.82) is 0 Å². The summed E-state index contributed by atoms with van der Waals surface area (Å²) in [5.41, 5.74) is -6.90. The van der Waals surface area contributed by atoms with Gasteiger partial charge in [-0.15, -0.1) is 11.3 Å². The van der Waals surface area contributed by atoms with Gasteiger partial charge < -0.3 is 52.7 Å². The Bertz CT molecular complexity index is 2460. The number of hydrogen-bond donors (Lipinski definition) is 2. The largest absolute Gasteiger partial charge is 0.456 e. The molecule has 8 rings (SSSR count). The number of thiophene rings is 1. The Hall–Kier alpha value is -4.50. The van der Waals surface area contributed by atoms with Crippen molar-refractivity contribution in [3.63, 3.8) is 0 Å². The minimum absolute atomic E-state index is 0.0936. The Morgan fingerprint density at radius 3 is 2.15 bits per heavy atom. The lowest BCUT2D eigenvalue weighted by atomic mass is 9.44. The lowest BCUT2D eigenvalue weighted by molar-refractivity contribution is -0.344. The van der Waals surface area contributed by atoms with Crippen LogP contribution in [0.1, 0.15) is 135 Å². The van der Waals surface area contributed by atoms with Gasteiger partial charge in [0.2, 0.25) is 0 Å². The summed E-state index contributed by atoms with van der Waals surface area (Å²) < 4.78 is 57.9. The van der Waals surface area contributed by atoms with Gasteiger partial charge >= 0.3 is 30.0 Å². The van der Waals surface area contributed by atoms with Crippen LogP contribution in [0.5, 0.6) is 0 Å². The third-order valence-corrected chi connectivity index (χ3v) is 23.1. The highest BCUT2D eigenvalue weighted by atomic mass is 32.1. The number of fused-ring (bicyclic) bond motifs is 5. The van der Waals surface area contributed by atoms with Crippen molar-refractivity contribution in [2.75, 3.05) is 13.7 Å². The van der Waals surface area contributed by atoms with Crippen LogP contribution in [0, 0.1) is 22.7 Å². The summed E-state index contributed by atoms with van der Waals surface area (Å²) in [4.78, 5) is 88.9. The van der Waals surface area contributed by atoms with Gasteiger partial charge in [-0.1, -0.05) is 58.9 Å². The van der Waals surface area contributed by atoms with Crippen LogP contribution in [0.4, 0.5) is 4.79 Å². The zero-order valence-electron chi connectivity index (χ0n) is 44.6. The molecule has 11 atom stereocenters. The summed E-state index contributed by atoms with van der Waals surface area (Å²) >= 11 is 1.26. The molecule has 74 heavy (non-hydrogen) atoms. The van der Waals surface area contributed by atoms with Gasteiger partial charge in [0, 0.05) is 37.2 Å².